The first-order valence-corrected chi connectivity index (χ1v) is 4.98. The first-order valence-electron chi connectivity index (χ1n) is 3.94. The van der Waals surface area contributed by atoms with Gasteiger partial charge in [-0.3, -0.25) is 9.79 Å². The molecule has 5 N–H and O–H groups in total. The van der Waals surface area contributed by atoms with Gasteiger partial charge in [-0.15, -0.1) is 11.8 Å². The van der Waals surface area contributed by atoms with E-state index in [0.29, 0.717) is 6.54 Å². The van der Waals surface area contributed by atoms with Gasteiger partial charge in [0.2, 0.25) is 0 Å². The Labute approximate surface area is 81.6 Å². The molecule has 0 radical (unpaired) electrons. The van der Waals surface area contributed by atoms with Crippen LogP contribution in [-0.2, 0) is 4.79 Å². The van der Waals surface area contributed by atoms with E-state index in [9.17, 15) is 4.79 Å². The predicted octanol–water partition coefficient (Wildman–Crippen LogP) is -0.144. The molecule has 76 valence electrons. The van der Waals surface area contributed by atoms with Gasteiger partial charge in [-0.1, -0.05) is 0 Å². The molecular formula is C7H15N3O2S. The van der Waals surface area contributed by atoms with E-state index in [-0.39, 0.29) is 11.2 Å². The Balaban J connectivity index is 3.36. The molecule has 0 spiro atoms. The maximum atomic E-state index is 10.4. The summed E-state index contributed by atoms with van der Waals surface area (Å²) in [6.45, 7) is 2.22. The van der Waals surface area contributed by atoms with Crippen LogP contribution >= 0.6 is 11.8 Å². The van der Waals surface area contributed by atoms with E-state index in [2.05, 4.69) is 4.99 Å². The molecule has 0 aromatic rings. The highest BCUT2D eigenvalue weighted by Gasteiger charge is 2.09. The van der Waals surface area contributed by atoms with Crippen molar-refractivity contribution in [2.45, 2.75) is 18.6 Å². The molecule has 1 unspecified atom stereocenters. The molecular weight excluding hydrogens is 190 g/mol. The summed E-state index contributed by atoms with van der Waals surface area (Å²) < 4.78 is 0. The van der Waals surface area contributed by atoms with E-state index in [1.165, 1.54) is 11.8 Å². The molecule has 13 heavy (non-hydrogen) atoms. The number of aliphatic imine (C=N–C) groups is 1. The minimum atomic E-state index is -0.785. The van der Waals surface area contributed by atoms with Crippen LogP contribution < -0.4 is 11.5 Å². The maximum Gasteiger partial charge on any atom is 0.316 e. The molecule has 0 fully saturated rings. The number of nitrogens with zero attached hydrogens (tertiary/aromatic N) is 1. The van der Waals surface area contributed by atoms with Crippen LogP contribution in [0.2, 0.25) is 0 Å². The smallest absolute Gasteiger partial charge is 0.316 e. The summed E-state index contributed by atoms with van der Waals surface area (Å²) in [6, 6.07) is 0. The molecule has 6 heteroatoms. The number of carboxylic acid groups (broad SMARTS) is 1. The molecule has 0 aromatic carbocycles. The zero-order valence-corrected chi connectivity index (χ0v) is 8.38. The van der Waals surface area contributed by atoms with Crippen molar-refractivity contribution in [2.75, 3.05) is 12.3 Å². The third-order valence-corrected chi connectivity index (χ3v) is 2.54. The average molecular weight is 205 g/mol. The monoisotopic (exact) mass is 205 g/mol. The zero-order chi connectivity index (χ0) is 10.3. The van der Waals surface area contributed by atoms with Gasteiger partial charge in [-0.2, -0.15) is 0 Å². The van der Waals surface area contributed by atoms with Gasteiger partial charge in [0.15, 0.2) is 5.96 Å². The summed E-state index contributed by atoms with van der Waals surface area (Å²) >= 11 is 1.39. The lowest BCUT2D eigenvalue weighted by Crippen LogP contribution is -2.23. The lowest BCUT2D eigenvalue weighted by atomic mass is 10.5. The Morgan fingerprint density at radius 3 is 2.69 bits per heavy atom. The van der Waals surface area contributed by atoms with Gasteiger partial charge in [0.25, 0.3) is 0 Å². The summed E-state index contributed by atoms with van der Waals surface area (Å²) in [5.74, 6) is 0.0488. The van der Waals surface area contributed by atoms with Gasteiger partial charge in [0.05, 0.1) is 5.25 Å². The number of rotatable bonds is 6. The van der Waals surface area contributed by atoms with Crippen LogP contribution in [0.5, 0.6) is 0 Å². The van der Waals surface area contributed by atoms with E-state index < -0.39 is 5.97 Å². The molecule has 0 aliphatic carbocycles. The fraction of sp³-hybridized carbons (Fsp3) is 0.714. The second-order valence-corrected chi connectivity index (χ2v) is 3.96. The van der Waals surface area contributed by atoms with Crippen LogP contribution in [0.15, 0.2) is 4.99 Å². The molecule has 5 nitrogen and oxygen atoms in total. The van der Waals surface area contributed by atoms with Gasteiger partial charge in [0, 0.05) is 6.54 Å². The molecule has 0 saturated carbocycles. The van der Waals surface area contributed by atoms with E-state index >= 15 is 0 Å². The number of hydrogen-bond donors (Lipinski definition) is 3. The van der Waals surface area contributed by atoms with Crippen molar-refractivity contribution in [3.63, 3.8) is 0 Å². The molecule has 0 amide bonds. The highest BCUT2D eigenvalue weighted by Crippen LogP contribution is 2.11. The number of thioether (sulfide) groups is 1. The molecule has 0 saturated heterocycles. The first-order chi connectivity index (χ1) is 6.04. The summed E-state index contributed by atoms with van der Waals surface area (Å²) in [5.41, 5.74) is 10.2. The number of nitrogens with two attached hydrogens (primary N) is 2. The third-order valence-electron chi connectivity index (χ3n) is 1.31. The lowest BCUT2D eigenvalue weighted by molar-refractivity contribution is -0.136. The van der Waals surface area contributed by atoms with Crippen molar-refractivity contribution in [1.29, 1.82) is 0 Å². The molecule has 0 aliphatic rings. The molecule has 0 rings (SSSR count). The summed E-state index contributed by atoms with van der Waals surface area (Å²) in [7, 11) is 0. The van der Waals surface area contributed by atoms with Gasteiger partial charge in [0.1, 0.15) is 0 Å². The van der Waals surface area contributed by atoms with Crippen molar-refractivity contribution in [1.82, 2.24) is 0 Å². The Morgan fingerprint density at radius 2 is 2.23 bits per heavy atom. The fourth-order valence-electron chi connectivity index (χ4n) is 0.604. The van der Waals surface area contributed by atoms with E-state index in [1.807, 2.05) is 0 Å². The van der Waals surface area contributed by atoms with Crippen molar-refractivity contribution in [3.05, 3.63) is 0 Å². The van der Waals surface area contributed by atoms with Crippen LogP contribution in [0, 0.1) is 0 Å². The van der Waals surface area contributed by atoms with Crippen LogP contribution in [0.25, 0.3) is 0 Å². The summed E-state index contributed by atoms with van der Waals surface area (Å²) in [6.07, 6.45) is 0.792. The molecule has 0 aromatic heterocycles. The van der Waals surface area contributed by atoms with Gasteiger partial charge in [-0.05, 0) is 19.1 Å². The fourth-order valence-corrected chi connectivity index (χ4v) is 1.40. The third kappa shape index (κ3) is 7.45. The van der Waals surface area contributed by atoms with Crippen LogP contribution in [-0.4, -0.2) is 34.6 Å². The zero-order valence-electron chi connectivity index (χ0n) is 7.56. The second-order valence-electron chi connectivity index (χ2n) is 2.51. The minimum Gasteiger partial charge on any atom is -0.480 e. The van der Waals surface area contributed by atoms with Crippen molar-refractivity contribution in [3.8, 4) is 0 Å². The Bertz CT molecular complexity index is 192. The standard InChI is InChI=1S/C7H15N3O2S/c1-5(6(11)12)13-4-2-3-10-7(8)9/h5H,2-4H2,1H3,(H,11,12)(H4,8,9,10). The molecule has 0 heterocycles. The highest BCUT2D eigenvalue weighted by molar-refractivity contribution is 8.00. The first kappa shape index (κ1) is 12.1. The Morgan fingerprint density at radius 1 is 1.62 bits per heavy atom. The number of guanidine groups is 1. The quantitative estimate of drug-likeness (QED) is 0.318. The number of aliphatic carboxylic acids is 1. The second kappa shape index (κ2) is 6.59. The van der Waals surface area contributed by atoms with Gasteiger partial charge in [-0.25, -0.2) is 0 Å². The minimum absolute atomic E-state index is 0.0799. The predicted molar refractivity (Wildman–Crippen MR) is 54.8 cm³/mol. The summed E-state index contributed by atoms with van der Waals surface area (Å²) in [4.78, 5) is 14.2. The molecule has 0 aliphatic heterocycles. The van der Waals surface area contributed by atoms with Crippen LogP contribution in [0.1, 0.15) is 13.3 Å². The normalized spacial score (nSPS) is 12.1. The number of carboxylic acids is 1. The van der Waals surface area contributed by atoms with E-state index in [1.54, 1.807) is 6.92 Å². The Kier molecular flexibility index (Phi) is 6.13. The topological polar surface area (TPSA) is 102 Å². The number of carbonyl (C=O) groups is 1. The Hall–Kier alpha value is -0.910. The SMILES string of the molecule is CC(SCCCN=C(N)N)C(=O)O. The van der Waals surface area contributed by atoms with Crippen molar-refractivity contribution in [2.24, 2.45) is 16.5 Å². The summed E-state index contributed by atoms with van der Waals surface area (Å²) in [5, 5.41) is 8.18. The highest BCUT2D eigenvalue weighted by atomic mass is 32.2. The van der Waals surface area contributed by atoms with Crippen LogP contribution in [0.3, 0.4) is 0 Å². The van der Waals surface area contributed by atoms with E-state index in [0.717, 1.165) is 12.2 Å². The molecule has 0 bridgehead atoms. The van der Waals surface area contributed by atoms with Crippen LogP contribution in [0.4, 0.5) is 0 Å². The van der Waals surface area contributed by atoms with Gasteiger partial charge < -0.3 is 16.6 Å². The average Bonchev–Trinajstić information content (AvgIpc) is 2.02. The largest absolute Gasteiger partial charge is 0.480 e. The van der Waals surface area contributed by atoms with Gasteiger partial charge >= 0.3 is 5.97 Å². The van der Waals surface area contributed by atoms with Crippen molar-refractivity contribution >= 4 is 23.7 Å². The molecule has 1 atom stereocenters. The maximum absolute atomic E-state index is 10.4. The lowest BCUT2D eigenvalue weighted by Gasteiger charge is -2.03. The van der Waals surface area contributed by atoms with Crippen molar-refractivity contribution < 1.29 is 9.90 Å². The number of hydrogen-bond acceptors (Lipinski definition) is 3. The van der Waals surface area contributed by atoms with E-state index in [4.69, 9.17) is 16.6 Å².